The lowest BCUT2D eigenvalue weighted by atomic mass is 10.2. The van der Waals surface area contributed by atoms with Crippen LogP contribution in [0.2, 0.25) is 0 Å². The Bertz CT molecular complexity index is 1040. The SMILES string of the molecule is COc1ccc([C@H]2C[C@@H]2COc2cc(CCc3ncc(C)s3)c(=O)n(C)n2)nc1. The minimum Gasteiger partial charge on any atom is -0.495 e. The molecular formula is C21H24N4O3S. The van der Waals surface area contributed by atoms with Crippen molar-refractivity contribution in [2.75, 3.05) is 13.7 Å². The lowest BCUT2D eigenvalue weighted by Gasteiger charge is -2.09. The number of hydrogen-bond acceptors (Lipinski definition) is 7. The van der Waals surface area contributed by atoms with Gasteiger partial charge in [0.25, 0.3) is 5.56 Å². The van der Waals surface area contributed by atoms with E-state index in [1.54, 1.807) is 37.8 Å². The molecule has 3 heterocycles. The highest BCUT2D eigenvalue weighted by Crippen LogP contribution is 2.46. The molecule has 1 aliphatic carbocycles. The summed E-state index contributed by atoms with van der Waals surface area (Å²) in [6.45, 7) is 2.60. The third-order valence-electron chi connectivity index (χ3n) is 5.13. The van der Waals surface area contributed by atoms with E-state index in [0.29, 0.717) is 36.3 Å². The van der Waals surface area contributed by atoms with Gasteiger partial charge < -0.3 is 9.47 Å². The van der Waals surface area contributed by atoms with Gasteiger partial charge in [-0.2, -0.15) is 0 Å². The molecule has 0 spiro atoms. The number of thiazole rings is 1. The summed E-state index contributed by atoms with van der Waals surface area (Å²) in [6, 6.07) is 5.71. The fraction of sp³-hybridized carbons (Fsp3) is 0.429. The number of hydrogen-bond donors (Lipinski definition) is 0. The van der Waals surface area contributed by atoms with Crippen LogP contribution in [0.15, 0.2) is 35.4 Å². The van der Waals surface area contributed by atoms with Gasteiger partial charge in [-0.15, -0.1) is 16.4 Å². The predicted octanol–water partition coefficient (Wildman–Crippen LogP) is 2.92. The highest BCUT2D eigenvalue weighted by molar-refractivity contribution is 7.11. The highest BCUT2D eigenvalue weighted by atomic mass is 32.1. The third-order valence-corrected chi connectivity index (χ3v) is 6.11. The topological polar surface area (TPSA) is 79.1 Å². The fourth-order valence-corrected chi connectivity index (χ4v) is 4.15. The normalized spacial score (nSPS) is 17.9. The minimum atomic E-state index is -0.0858. The second-order valence-electron chi connectivity index (χ2n) is 7.34. The Labute approximate surface area is 173 Å². The maximum atomic E-state index is 12.4. The van der Waals surface area contributed by atoms with Crippen LogP contribution in [0.25, 0.3) is 0 Å². The molecule has 3 aromatic heterocycles. The first-order valence-corrected chi connectivity index (χ1v) is 10.5. The molecule has 2 atom stereocenters. The first-order valence-electron chi connectivity index (χ1n) is 9.64. The monoisotopic (exact) mass is 412 g/mol. The van der Waals surface area contributed by atoms with Gasteiger partial charge in [0.15, 0.2) is 0 Å². The van der Waals surface area contributed by atoms with Crippen molar-refractivity contribution in [2.24, 2.45) is 13.0 Å². The number of pyridine rings is 1. The lowest BCUT2D eigenvalue weighted by molar-refractivity contribution is 0.277. The van der Waals surface area contributed by atoms with Crippen LogP contribution in [-0.4, -0.2) is 33.5 Å². The molecule has 0 bridgehead atoms. The number of ether oxygens (including phenoxy) is 2. The van der Waals surface area contributed by atoms with Crippen molar-refractivity contribution in [3.05, 3.63) is 62.1 Å². The summed E-state index contributed by atoms with van der Waals surface area (Å²) in [5, 5.41) is 5.29. The average molecular weight is 413 g/mol. The van der Waals surface area contributed by atoms with Crippen molar-refractivity contribution < 1.29 is 9.47 Å². The van der Waals surface area contributed by atoms with Crippen LogP contribution in [0.1, 0.15) is 33.5 Å². The summed E-state index contributed by atoms with van der Waals surface area (Å²) < 4.78 is 12.4. The van der Waals surface area contributed by atoms with Crippen molar-refractivity contribution in [1.29, 1.82) is 0 Å². The highest BCUT2D eigenvalue weighted by Gasteiger charge is 2.40. The van der Waals surface area contributed by atoms with Crippen LogP contribution in [0.5, 0.6) is 11.6 Å². The van der Waals surface area contributed by atoms with Gasteiger partial charge in [0, 0.05) is 53.7 Å². The Kier molecular flexibility index (Phi) is 5.62. The van der Waals surface area contributed by atoms with E-state index in [1.165, 1.54) is 9.56 Å². The summed E-state index contributed by atoms with van der Waals surface area (Å²) in [6.07, 6.45) is 6.02. The number of methoxy groups -OCH3 is 1. The molecule has 7 nitrogen and oxygen atoms in total. The van der Waals surface area contributed by atoms with Gasteiger partial charge in [0.2, 0.25) is 5.88 Å². The maximum absolute atomic E-state index is 12.4. The molecule has 0 radical (unpaired) electrons. The largest absolute Gasteiger partial charge is 0.495 e. The van der Waals surface area contributed by atoms with Crippen LogP contribution in [0, 0.1) is 12.8 Å². The van der Waals surface area contributed by atoms with Gasteiger partial charge >= 0.3 is 0 Å². The van der Waals surface area contributed by atoms with E-state index in [4.69, 9.17) is 9.47 Å². The van der Waals surface area contributed by atoms with Crippen LogP contribution in [0.4, 0.5) is 0 Å². The molecule has 8 heteroatoms. The van der Waals surface area contributed by atoms with Gasteiger partial charge in [0.1, 0.15) is 5.75 Å². The molecule has 29 heavy (non-hydrogen) atoms. The Balaban J connectivity index is 1.36. The number of nitrogens with zero attached hydrogens (tertiary/aromatic N) is 4. The fourth-order valence-electron chi connectivity index (χ4n) is 3.37. The van der Waals surface area contributed by atoms with E-state index >= 15 is 0 Å². The van der Waals surface area contributed by atoms with E-state index < -0.39 is 0 Å². The Morgan fingerprint density at radius 2 is 2.10 bits per heavy atom. The summed E-state index contributed by atoms with van der Waals surface area (Å²) in [5.41, 5.74) is 1.68. The number of aromatic nitrogens is 4. The zero-order valence-corrected chi connectivity index (χ0v) is 17.6. The zero-order valence-electron chi connectivity index (χ0n) is 16.8. The average Bonchev–Trinajstić information content (AvgIpc) is 3.39. The van der Waals surface area contributed by atoms with Gasteiger partial charge in [0.05, 0.1) is 24.9 Å². The van der Waals surface area contributed by atoms with Crippen molar-refractivity contribution in [2.45, 2.75) is 32.1 Å². The molecule has 0 amide bonds. The van der Waals surface area contributed by atoms with E-state index in [2.05, 4.69) is 15.1 Å². The second-order valence-corrected chi connectivity index (χ2v) is 8.66. The quantitative estimate of drug-likeness (QED) is 0.566. The molecule has 152 valence electrons. The van der Waals surface area contributed by atoms with Crippen molar-refractivity contribution in [3.8, 4) is 11.6 Å². The van der Waals surface area contributed by atoms with Crippen LogP contribution in [0.3, 0.4) is 0 Å². The van der Waals surface area contributed by atoms with Crippen LogP contribution >= 0.6 is 11.3 Å². The van der Waals surface area contributed by atoms with Gasteiger partial charge in [-0.05, 0) is 31.9 Å². The molecule has 0 saturated heterocycles. The maximum Gasteiger partial charge on any atom is 0.269 e. The number of aryl methyl sites for hydroxylation is 4. The molecule has 0 aliphatic heterocycles. The third kappa shape index (κ3) is 4.64. The van der Waals surface area contributed by atoms with Crippen molar-refractivity contribution in [1.82, 2.24) is 19.7 Å². The minimum absolute atomic E-state index is 0.0858. The van der Waals surface area contributed by atoms with Gasteiger partial charge in [-0.3, -0.25) is 9.78 Å². The molecule has 3 aromatic rings. The van der Waals surface area contributed by atoms with Crippen molar-refractivity contribution in [3.63, 3.8) is 0 Å². The first-order chi connectivity index (χ1) is 14.0. The molecule has 1 saturated carbocycles. The lowest BCUT2D eigenvalue weighted by Crippen LogP contribution is -2.24. The van der Waals surface area contributed by atoms with E-state index in [0.717, 1.165) is 29.3 Å². The van der Waals surface area contributed by atoms with Crippen LogP contribution in [-0.2, 0) is 19.9 Å². The van der Waals surface area contributed by atoms with Crippen molar-refractivity contribution >= 4 is 11.3 Å². The molecule has 0 unspecified atom stereocenters. The summed E-state index contributed by atoms with van der Waals surface area (Å²) >= 11 is 1.66. The molecule has 4 rings (SSSR count). The molecular weight excluding hydrogens is 388 g/mol. The first kappa shape index (κ1) is 19.6. The summed E-state index contributed by atoms with van der Waals surface area (Å²) in [5.74, 6) is 2.07. The van der Waals surface area contributed by atoms with E-state index in [1.807, 2.05) is 25.3 Å². The Hall–Kier alpha value is -2.74. The standard InChI is InChI=1S/C21H24N4O3S/c1-13-10-23-20(29-13)7-4-14-9-19(24-25(2)21(14)26)28-12-15-8-17(15)18-6-5-16(27-3)11-22-18/h5-6,9-11,15,17H,4,7-8,12H2,1-3H3/t15-,17+/m1/s1. The molecule has 1 fully saturated rings. The van der Waals surface area contributed by atoms with E-state index in [-0.39, 0.29) is 5.56 Å². The zero-order chi connectivity index (χ0) is 20.4. The second kappa shape index (κ2) is 8.32. The summed E-state index contributed by atoms with van der Waals surface area (Å²) in [7, 11) is 3.30. The number of rotatable bonds is 8. The smallest absolute Gasteiger partial charge is 0.269 e. The Morgan fingerprint density at radius 1 is 1.24 bits per heavy atom. The predicted molar refractivity (Wildman–Crippen MR) is 111 cm³/mol. The molecule has 0 N–H and O–H groups in total. The Morgan fingerprint density at radius 3 is 2.79 bits per heavy atom. The molecule has 0 aromatic carbocycles. The van der Waals surface area contributed by atoms with Crippen LogP contribution < -0.4 is 15.0 Å². The van der Waals surface area contributed by atoms with Gasteiger partial charge in [-0.1, -0.05) is 0 Å². The summed E-state index contributed by atoms with van der Waals surface area (Å²) in [4.78, 5) is 22.4. The van der Waals surface area contributed by atoms with Gasteiger partial charge in [-0.25, -0.2) is 9.67 Å². The molecule has 1 aliphatic rings. The van der Waals surface area contributed by atoms with E-state index in [9.17, 15) is 4.79 Å².